The number of anilines is 3. The molecular formula is C25H31N7OS. The van der Waals surface area contributed by atoms with Crippen LogP contribution in [0, 0.1) is 0 Å². The lowest BCUT2D eigenvalue weighted by atomic mass is 10.0. The second-order valence-corrected chi connectivity index (χ2v) is 9.47. The summed E-state index contributed by atoms with van der Waals surface area (Å²) >= 11 is 1.68. The number of aromatic nitrogens is 1. The number of para-hydroxylation sites is 1. The van der Waals surface area contributed by atoms with Gasteiger partial charge in [0.2, 0.25) is 5.79 Å². The first kappa shape index (κ1) is 22.6. The quantitative estimate of drug-likeness (QED) is 0.418. The summed E-state index contributed by atoms with van der Waals surface area (Å²) in [4.78, 5) is 14.1. The third kappa shape index (κ3) is 4.22. The van der Waals surface area contributed by atoms with Gasteiger partial charge in [0.1, 0.15) is 11.4 Å². The van der Waals surface area contributed by atoms with Gasteiger partial charge in [0, 0.05) is 49.0 Å². The summed E-state index contributed by atoms with van der Waals surface area (Å²) in [5.41, 5.74) is 11.6. The zero-order chi connectivity index (χ0) is 23.7. The van der Waals surface area contributed by atoms with Crippen molar-refractivity contribution in [2.75, 3.05) is 62.1 Å². The van der Waals surface area contributed by atoms with Crippen LogP contribution in [0.3, 0.4) is 0 Å². The Labute approximate surface area is 204 Å². The van der Waals surface area contributed by atoms with Crippen LogP contribution < -0.4 is 26.0 Å². The first-order valence-corrected chi connectivity index (χ1v) is 12.6. The molecule has 0 amide bonds. The highest BCUT2D eigenvalue weighted by Crippen LogP contribution is 2.38. The number of amidine groups is 1. The number of nitrogens with two attached hydrogens (primary N) is 1. The SMILES string of the molecule is COc1cc(N2CCN(C)CC2)ccc1C1(N)N=C(Nc2ccccc2SC)c2[nH]ccc2N1. The highest BCUT2D eigenvalue weighted by molar-refractivity contribution is 7.98. The first-order chi connectivity index (χ1) is 16.5. The molecule has 1 saturated heterocycles. The Morgan fingerprint density at radius 1 is 1.12 bits per heavy atom. The van der Waals surface area contributed by atoms with E-state index >= 15 is 0 Å². The Morgan fingerprint density at radius 2 is 1.91 bits per heavy atom. The van der Waals surface area contributed by atoms with Crippen molar-refractivity contribution in [1.82, 2.24) is 9.88 Å². The monoisotopic (exact) mass is 477 g/mol. The zero-order valence-corrected chi connectivity index (χ0v) is 20.6. The fourth-order valence-electron chi connectivity index (χ4n) is 4.48. The number of benzene rings is 2. The highest BCUT2D eigenvalue weighted by Gasteiger charge is 2.36. The van der Waals surface area contributed by atoms with Crippen molar-refractivity contribution in [2.24, 2.45) is 10.7 Å². The Balaban J connectivity index is 1.51. The van der Waals surface area contributed by atoms with Crippen LogP contribution in [0.4, 0.5) is 17.1 Å². The molecule has 0 spiro atoms. The summed E-state index contributed by atoms with van der Waals surface area (Å²) in [7, 11) is 3.84. The van der Waals surface area contributed by atoms with Gasteiger partial charge in [0.15, 0.2) is 5.84 Å². The summed E-state index contributed by atoms with van der Waals surface area (Å²) in [6, 6.07) is 16.3. The third-order valence-electron chi connectivity index (χ3n) is 6.42. The van der Waals surface area contributed by atoms with Crippen LogP contribution in [-0.4, -0.2) is 62.3 Å². The van der Waals surface area contributed by atoms with Gasteiger partial charge in [-0.05, 0) is 43.6 Å². The lowest BCUT2D eigenvalue weighted by Gasteiger charge is -2.36. The molecule has 34 heavy (non-hydrogen) atoms. The molecule has 2 aliphatic rings. The summed E-state index contributed by atoms with van der Waals surface area (Å²) in [6.45, 7) is 4.05. The summed E-state index contributed by atoms with van der Waals surface area (Å²) in [5, 5.41) is 6.90. The normalized spacial score (nSPS) is 20.4. The number of thioether (sulfide) groups is 1. The molecule has 2 aromatic carbocycles. The van der Waals surface area contributed by atoms with E-state index in [1.54, 1.807) is 18.9 Å². The molecule has 1 unspecified atom stereocenters. The third-order valence-corrected chi connectivity index (χ3v) is 7.22. The number of nitrogens with zero attached hydrogens (tertiary/aromatic N) is 3. The molecule has 5 rings (SSSR count). The van der Waals surface area contributed by atoms with Crippen molar-refractivity contribution in [3.05, 3.63) is 66.0 Å². The van der Waals surface area contributed by atoms with Crippen molar-refractivity contribution < 1.29 is 4.74 Å². The molecule has 1 aromatic heterocycles. The highest BCUT2D eigenvalue weighted by atomic mass is 32.2. The van der Waals surface area contributed by atoms with Gasteiger partial charge in [-0.15, -0.1) is 11.8 Å². The maximum Gasteiger partial charge on any atom is 0.215 e. The molecule has 1 atom stereocenters. The number of methoxy groups -OCH3 is 1. The average molecular weight is 478 g/mol. The summed E-state index contributed by atoms with van der Waals surface area (Å²) in [5.74, 6) is 0.184. The van der Waals surface area contributed by atoms with E-state index in [0.29, 0.717) is 11.6 Å². The van der Waals surface area contributed by atoms with E-state index in [-0.39, 0.29) is 0 Å². The number of hydrogen-bond donors (Lipinski definition) is 4. The fraction of sp³-hybridized carbons (Fsp3) is 0.320. The van der Waals surface area contributed by atoms with Gasteiger partial charge in [-0.1, -0.05) is 12.1 Å². The van der Waals surface area contributed by atoms with E-state index < -0.39 is 5.79 Å². The van der Waals surface area contributed by atoms with Crippen molar-refractivity contribution in [1.29, 1.82) is 0 Å². The van der Waals surface area contributed by atoms with Crippen molar-refractivity contribution >= 4 is 34.7 Å². The predicted octanol–water partition coefficient (Wildman–Crippen LogP) is 3.55. The van der Waals surface area contributed by atoms with Gasteiger partial charge in [0.25, 0.3) is 0 Å². The van der Waals surface area contributed by atoms with E-state index in [1.807, 2.05) is 36.5 Å². The van der Waals surface area contributed by atoms with E-state index in [0.717, 1.165) is 59.4 Å². The number of hydrogen-bond acceptors (Lipinski definition) is 8. The van der Waals surface area contributed by atoms with E-state index in [9.17, 15) is 0 Å². The topological polar surface area (TPSA) is 93.9 Å². The Bertz CT molecular complexity index is 1200. The van der Waals surface area contributed by atoms with Crippen LogP contribution in [0.25, 0.3) is 0 Å². The lowest BCUT2D eigenvalue weighted by Crippen LogP contribution is -2.47. The number of piperazine rings is 1. The molecular weight excluding hydrogens is 446 g/mol. The van der Waals surface area contributed by atoms with Crippen LogP contribution >= 0.6 is 11.8 Å². The van der Waals surface area contributed by atoms with Crippen LogP contribution in [0.1, 0.15) is 11.3 Å². The maximum atomic E-state index is 6.93. The standard InChI is InChI=1S/C25H31N7OS/c1-31-12-14-32(15-13-31)17-8-9-18(21(16-17)33-2)25(26)29-20-10-11-27-23(20)24(30-25)28-19-6-4-5-7-22(19)34-3/h4-11,16,27,29H,12-15,26H2,1-3H3,(H,28,30). The summed E-state index contributed by atoms with van der Waals surface area (Å²) in [6.07, 6.45) is 3.94. The van der Waals surface area contributed by atoms with Gasteiger partial charge in [-0.3, -0.25) is 5.73 Å². The summed E-state index contributed by atoms with van der Waals surface area (Å²) < 4.78 is 5.82. The molecule has 3 aromatic rings. The smallest absolute Gasteiger partial charge is 0.215 e. The molecule has 0 bridgehead atoms. The molecule has 0 aliphatic carbocycles. The molecule has 0 saturated carbocycles. The number of H-pyrrole nitrogens is 1. The fourth-order valence-corrected chi connectivity index (χ4v) is 5.04. The van der Waals surface area contributed by atoms with Crippen LogP contribution in [0.2, 0.25) is 0 Å². The Hall–Kier alpha value is -3.14. The molecule has 178 valence electrons. The molecule has 3 heterocycles. The van der Waals surface area contributed by atoms with Gasteiger partial charge in [0.05, 0.1) is 24.0 Å². The maximum absolute atomic E-state index is 6.93. The number of aliphatic imine (C=N–C) groups is 1. The van der Waals surface area contributed by atoms with Crippen LogP contribution in [-0.2, 0) is 5.79 Å². The van der Waals surface area contributed by atoms with Crippen LogP contribution in [0.15, 0.2) is 64.6 Å². The Morgan fingerprint density at radius 3 is 2.68 bits per heavy atom. The van der Waals surface area contributed by atoms with E-state index in [1.165, 1.54) is 0 Å². The number of aromatic amines is 1. The molecule has 9 heteroatoms. The second-order valence-electron chi connectivity index (χ2n) is 8.62. The van der Waals surface area contributed by atoms with E-state index in [2.05, 4.69) is 56.9 Å². The zero-order valence-electron chi connectivity index (χ0n) is 19.8. The first-order valence-electron chi connectivity index (χ1n) is 11.4. The van der Waals surface area contributed by atoms with Gasteiger partial charge in [-0.25, -0.2) is 4.99 Å². The predicted molar refractivity (Wildman–Crippen MR) is 141 cm³/mol. The Kier molecular flexibility index (Phi) is 6.16. The minimum Gasteiger partial charge on any atom is -0.496 e. The number of likely N-dealkylation sites (N-methyl/N-ethyl adjacent to an activating group) is 1. The van der Waals surface area contributed by atoms with Crippen LogP contribution in [0.5, 0.6) is 5.75 Å². The van der Waals surface area contributed by atoms with Gasteiger partial charge in [-0.2, -0.15) is 0 Å². The largest absolute Gasteiger partial charge is 0.496 e. The molecule has 0 radical (unpaired) electrons. The molecule has 8 nitrogen and oxygen atoms in total. The molecule has 5 N–H and O–H groups in total. The van der Waals surface area contributed by atoms with Crippen molar-refractivity contribution in [3.8, 4) is 5.75 Å². The lowest BCUT2D eigenvalue weighted by molar-refractivity contribution is 0.312. The average Bonchev–Trinajstić information content (AvgIpc) is 3.33. The van der Waals surface area contributed by atoms with Crippen molar-refractivity contribution in [2.45, 2.75) is 10.7 Å². The molecule has 2 aliphatic heterocycles. The number of ether oxygens (including phenoxy) is 1. The minimum atomic E-state index is -1.20. The molecule has 1 fully saturated rings. The second kappa shape index (κ2) is 9.25. The minimum absolute atomic E-state index is 0.674. The number of nitrogens with one attached hydrogen (secondary N) is 3. The number of rotatable bonds is 5. The van der Waals surface area contributed by atoms with Gasteiger partial charge >= 0.3 is 0 Å². The van der Waals surface area contributed by atoms with Crippen molar-refractivity contribution in [3.63, 3.8) is 0 Å². The van der Waals surface area contributed by atoms with Gasteiger partial charge < -0.3 is 30.2 Å². The van der Waals surface area contributed by atoms with E-state index in [4.69, 9.17) is 15.5 Å². The number of fused-ring (bicyclic) bond motifs is 1.